The molecule has 0 N–H and O–H groups in total. The van der Waals surface area contributed by atoms with Crippen LogP contribution in [0.4, 0.5) is 8.78 Å². The molecule has 9 heteroatoms. The summed E-state index contributed by atoms with van der Waals surface area (Å²) >= 11 is 0. The van der Waals surface area contributed by atoms with Crippen molar-refractivity contribution in [2.45, 2.75) is 17.7 Å². The molecule has 1 saturated heterocycles. The summed E-state index contributed by atoms with van der Waals surface area (Å²) in [4.78, 5) is 13.2. The van der Waals surface area contributed by atoms with Gasteiger partial charge in [-0.2, -0.15) is 4.31 Å². The number of amides is 1. The molecule has 0 aromatic heterocycles. The van der Waals surface area contributed by atoms with E-state index in [-0.39, 0.29) is 38.5 Å². The van der Waals surface area contributed by atoms with Crippen LogP contribution in [0.15, 0.2) is 41.3 Å². The number of carbonyl (C=O) groups is 1. The van der Waals surface area contributed by atoms with Gasteiger partial charge in [0.2, 0.25) is 15.9 Å². The van der Waals surface area contributed by atoms with Crippen LogP contribution in [0.5, 0.6) is 5.75 Å². The van der Waals surface area contributed by atoms with Crippen molar-refractivity contribution in [1.29, 1.82) is 0 Å². The standard InChI is InChI=1S/C20H20F2N2O4S/c21-16-2-1-3-17(22)20(16)29(26,27)24-9-7-23(8-10-24)19(25)13-14-4-5-18-15(12-14)6-11-28-18/h1-5,12H,6-11,13H2. The zero-order chi connectivity index (χ0) is 20.6. The van der Waals surface area contributed by atoms with Gasteiger partial charge in [-0.25, -0.2) is 17.2 Å². The average molecular weight is 422 g/mol. The predicted molar refractivity (Wildman–Crippen MR) is 101 cm³/mol. The second kappa shape index (κ2) is 7.72. The summed E-state index contributed by atoms with van der Waals surface area (Å²) in [7, 11) is -4.31. The number of sulfonamides is 1. The third-order valence-electron chi connectivity index (χ3n) is 5.22. The SMILES string of the molecule is O=C(Cc1ccc2c(c1)CCO2)N1CCN(S(=O)(=O)c2c(F)cccc2F)CC1. The van der Waals surface area contributed by atoms with Gasteiger partial charge >= 0.3 is 0 Å². The lowest BCUT2D eigenvalue weighted by atomic mass is 10.1. The molecule has 2 aliphatic heterocycles. The Balaban J connectivity index is 1.41. The van der Waals surface area contributed by atoms with Crippen molar-refractivity contribution in [1.82, 2.24) is 9.21 Å². The highest BCUT2D eigenvalue weighted by Gasteiger charge is 2.34. The third-order valence-corrected chi connectivity index (χ3v) is 7.17. The Kier molecular flexibility index (Phi) is 5.26. The first-order chi connectivity index (χ1) is 13.9. The average Bonchev–Trinajstić information content (AvgIpc) is 3.15. The fourth-order valence-corrected chi connectivity index (χ4v) is 5.20. The quantitative estimate of drug-likeness (QED) is 0.756. The van der Waals surface area contributed by atoms with E-state index in [0.717, 1.165) is 45.8 Å². The molecule has 2 aromatic rings. The van der Waals surface area contributed by atoms with Crippen molar-refractivity contribution in [2.24, 2.45) is 0 Å². The molecule has 2 heterocycles. The van der Waals surface area contributed by atoms with Crippen LogP contribution in [0.1, 0.15) is 11.1 Å². The molecule has 1 fully saturated rings. The van der Waals surface area contributed by atoms with E-state index in [1.165, 1.54) is 0 Å². The minimum atomic E-state index is -4.31. The van der Waals surface area contributed by atoms with Crippen molar-refractivity contribution in [2.75, 3.05) is 32.8 Å². The Hall–Kier alpha value is -2.52. The van der Waals surface area contributed by atoms with Gasteiger partial charge in [-0.3, -0.25) is 4.79 Å². The largest absolute Gasteiger partial charge is 0.493 e. The van der Waals surface area contributed by atoms with Gasteiger partial charge in [-0.05, 0) is 29.3 Å². The van der Waals surface area contributed by atoms with Crippen molar-refractivity contribution in [3.63, 3.8) is 0 Å². The number of hydrogen-bond donors (Lipinski definition) is 0. The molecule has 2 aliphatic rings. The monoisotopic (exact) mass is 422 g/mol. The summed E-state index contributed by atoms with van der Waals surface area (Å²) in [5, 5.41) is 0. The van der Waals surface area contributed by atoms with Crippen molar-refractivity contribution in [3.05, 3.63) is 59.2 Å². The summed E-state index contributed by atoms with van der Waals surface area (Å²) in [5.41, 5.74) is 1.96. The highest BCUT2D eigenvalue weighted by Crippen LogP contribution is 2.27. The zero-order valence-electron chi connectivity index (χ0n) is 15.6. The highest BCUT2D eigenvalue weighted by atomic mass is 32.2. The van der Waals surface area contributed by atoms with Crippen LogP contribution in [-0.4, -0.2) is 56.3 Å². The summed E-state index contributed by atoms with van der Waals surface area (Å²) in [5.74, 6) is -1.51. The minimum Gasteiger partial charge on any atom is -0.493 e. The predicted octanol–water partition coefficient (Wildman–Crippen LogP) is 1.98. The molecule has 2 aromatic carbocycles. The topological polar surface area (TPSA) is 66.9 Å². The van der Waals surface area contributed by atoms with Gasteiger partial charge in [0.15, 0.2) is 4.90 Å². The van der Waals surface area contributed by atoms with Gasteiger partial charge in [0, 0.05) is 32.6 Å². The number of benzene rings is 2. The molecular weight excluding hydrogens is 402 g/mol. The van der Waals surface area contributed by atoms with Crippen molar-refractivity contribution < 1.29 is 26.7 Å². The highest BCUT2D eigenvalue weighted by molar-refractivity contribution is 7.89. The molecule has 154 valence electrons. The smallest absolute Gasteiger partial charge is 0.249 e. The van der Waals surface area contributed by atoms with Gasteiger partial charge < -0.3 is 9.64 Å². The van der Waals surface area contributed by atoms with Crippen molar-refractivity contribution >= 4 is 15.9 Å². The maximum atomic E-state index is 13.9. The number of rotatable bonds is 4. The number of hydrogen-bond acceptors (Lipinski definition) is 4. The molecule has 0 atom stereocenters. The van der Waals surface area contributed by atoms with E-state index in [1.54, 1.807) is 4.90 Å². The van der Waals surface area contributed by atoms with E-state index in [1.807, 2.05) is 18.2 Å². The van der Waals surface area contributed by atoms with Crippen LogP contribution >= 0.6 is 0 Å². The Morgan fingerprint density at radius 3 is 2.41 bits per heavy atom. The summed E-state index contributed by atoms with van der Waals surface area (Å²) in [6.07, 6.45) is 1.03. The van der Waals surface area contributed by atoms with Gasteiger partial charge in [-0.15, -0.1) is 0 Å². The molecule has 29 heavy (non-hydrogen) atoms. The Morgan fingerprint density at radius 1 is 1.03 bits per heavy atom. The summed E-state index contributed by atoms with van der Waals surface area (Å²) in [6.45, 7) is 0.954. The van der Waals surface area contributed by atoms with Gasteiger partial charge in [-0.1, -0.05) is 18.2 Å². The summed E-state index contributed by atoms with van der Waals surface area (Å²) < 4.78 is 59.6. The van der Waals surface area contributed by atoms with Crippen LogP contribution in [0.2, 0.25) is 0 Å². The molecule has 0 aliphatic carbocycles. The molecule has 0 radical (unpaired) electrons. The lowest BCUT2D eigenvalue weighted by Crippen LogP contribution is -2.51. The van der Waals surface area contributed by atoms with E-state index >= 15 is 0 Å². The normalized spacial score (nSPS) is 17.1. The minimum absolute atomic E-state index is 0.0140. The number of fused-ring (bicyclic) bond motifs is 1. The first-order valence-corrected chi connectivity index (χ1v) is 10.8. The number of nitrogens with zero attached hydrogens (tertiary/aromatic N) is 2. The molecule has 1 amide bonds. The second-order valence-electron chi connectivity index (χ2n) is 7.05. The maximum absolute atomic E-state index is 13.9. The van der Waals surface area contributed by atoms with Crippen LogP contribution in [0, 0.1) is 11.6 Å². The first kappa shape index (κ1) is 19.8. The van der Waals surface area contributed by atoms with Gasteiger partial charge in [0.25, 0.3) is 0 Å². The molecule has 0 unspecified atom stereocenters. The Labute approximate surface area is 167 Å². The lowest BCUT2D eigenvalue weighted by Gasteiger charge is -2.34. The van der Waals surface area contributed by atoms with E-state index in [0.29, 0.717) is 6.61 Å². The molecular formula is C20H20F2N2O4S. The third kappa shape index (κ3) is 3.84. The van der Waals surface area contributed by atoms with Gasteiger partial charge in [0.1, 0.15) is 17.4 Å². The van der Waals surface area contributed by atoms with E-state index in [2.05, 4.69) is 0 Å². The van der Waals surface area contributed by atoms with E-state index in [9.17, 15) is 22.0 Å². The van der Waals surface area contributed by atoms with Crippen LogP contribution in [0.3, 0.4) is 0 Å². The Morgan fingerprint density at radius 2 is 1.72 bits per heavy atom. The van der Waals surface area contributed by atoms with Gasteiger partial charge in [0.05, 0.1) is 13.0 Å². The number of carbonyl (C=O) groups excluding carboxylic acids is 1. The lowest BCUT2D eigenvalue weighted by molar-refractivity contribution is -0.131. The Bertz CT molecular complexity index is 1030. The van der Waals surface area contributed by atoms with E-state index < -0.39 is 26.6 Å². The molecule has 4 rings (SSSR count). The number of halogens is 2. The van der Waals surface area contributed by atoms with Crippen LogP contribution in [0.25, 0.3) is 0 Å². The van der Waals surface area contributed by atoms with E-state index in [4.69, 9.17) is 4.74 Å². The summed E-state index contributed by atoms with van der Waals surface area (Å²) in [6, 6.07) is 8.62. The fraction of sp³-hybridized carbons (Fsp3) is 0.350. The maximum Gasteiger partial charge on any atom is 0.249 e. The first-order valence-electron chi connectivity index (χ1n) is 9.33. The van der Waals surface area contributed by atoms with Crippen molar-refractivity contribution in [3.8, 4) is 5.75 Å². The molecule has 6 nitrogen and oxygen atoms in total. The van der Waals surface area contributed by atoms with Crippen LogP contribution in [-0.2, 0) is 27.7 Å². The molecule has 0 spiro atoms. The second-order valence-corrected chi connectivity index (χ2v) is 8.93. The zero-order valence-corrected chi connectivity index (χ0v) is 16.4. The van der Waals surface area contributed by atoms with Crippen LogP contribution < -0.4 is 4.74 Å². The molecule has 0 bridgehead atoms. The fourth-order valence-electron chi connectivity index (χ4n) is 3.67. The molecule has 0 saturated carbocycles. The number of ether oxygens (including phenoxy) is 1. The number of piperazine rings is 1.